The zero-order chi connectivity index (χ0) is 30.6. The smallest absolute Gasteiger partial charge is 0.266 e. The van der Waals surface area contributed by atoms with Crippen molar-refractivity contribution in [2.24, 2.45) is 0 Å². The molecule has 1 fully saturated rings. The second-order valence-corrected chi connectivity index (χ2v) is 11.1. The number of ether oxygens (including phenoxy) is 2. The number of amides is 1. The Bertz CT molecular complexity index is 2000. The second kappa shape index (κ2) is 12.6. The Labute approximate surface area is 260 Å². The molecule has 7 rings (SSSR count). The molecule has 2 unspecified atom stereocenters. The minimum absolute atomic E-state index is 0.0620. The van der Waals surface area contributed by atoms with Gasteiger partial charge in [0.25, 0.3) is 11.5 Å². The van der Waals surface area contributed by atoms with Gasteiger partial charge >= 0.3 is 0 Å². The number of benzene rings is 5. The lowest BCUT2D eigenvalue weighted by atomic mass is 10.0. The molecule has 1 aliphatic heterocycles. The van der Waals surface area contributed by atoms with Crippen LogP contribution in [0.4, 0.5) is 5.95 Å². The van der Waals surface area contributed by atoms with Crippen LogP contribution in [0, 0.1) is 0 Å². The summed E-state index contributed by atoms with van der Waals surface area (Å²) in [5, 5.41) is 3.25. The van der Waals surface area contributed by atoms with E-state index in [9.17, 15) is 9.59 Å². The summed E-state index contributed by atoms with van der Waals surface area (Å²) >= 11 is 0. The van der Waals surface area contributed by atoms with Gasteiger partial charge in [-0.05, 0) is 65.9 Å². The summed E-state index contributed by atoms with van der Waals surface area (Å²) in [5.41, 5.74) is 3.45. The maximum Gasteiger partial charge on any atom is 0.266 e. The molecule has 1 amide bonds. The first-order valence-electron chi connectivity index (χ1n) is 15.1. The molecule has 2 atom stereocenters. The van der Waals surface area contributed by atoms with Crippen molar-refractivity contribution in [2.45, 2.75) is 31.6 Å². The molecule has 1 aliphatic rings. The van der Waals surface area contributed by atoms with Gasteiger partial charge in [0.1, 0.15) is 16.9 Å². The van der Waals surface area contributed by atoms with E-state index in [1.54, 1.807) is 24.3 Å². The molecule has 5 aromatic carbocycles. The average Bonchev–Trinajstić information content (AvgIpc) is 3.56. The number of hydrogen-bond donors (Lipinski definition) is 1. The highest BCUT2D eigenvalue weighted by molar-refractivity contribution is 6.04. The van der Waals surface area contributed by atoms with E-state index in [1.165, 1.54) is 4.57 Å². The zero-order valence-electron chi connectivity index (χ0n) is 24.5. The van der Waals surface area contributed by atoms with Gasteiger partial charge in [-0.25, -0.2) is 4.98 Å². The van der Waals surface area contributed by atoms with Crippen LogP contribution in [-0.4, -0.2) is 21.6 Å². The lowest BCUT2D eigenvalue weighted by Gasteiger charge is -2.20. The Morgan fingerprint density at radius 1 is 0.800 bits per heavy atom. The molecule has 1 N–H and O–H groups in total. The van der Waals surface area contributed by atoms with Gasteiger partial charge in [0.05, 0.1) is 24.3 Å². The van der Waals surface area contributed by atoms with E-state index in [2.05, 4.69) is 17.4 Å². The van der Waals surface area contributed by atoms with E-state index in [-0.39, 0.29) is 36.2 Å². The molecule has 0 saturated carbocycles. The van der Waals surface area contributed by atoms with Crippen LogP contribution >= 0.6 is 0 Å². The van der Waals surface area contributed by atoms with Gasteiger partial charge in [0.15, 0.2) is 0 Å². The van der Waals surface area contributed by atoms with Gasteiger partial charge in [-0.15, -0.1) is 0 Å². The van der Waals surface area contributed by atoms with E-state index >= 15 is 0 Å². The zero-order valence-corrected chi connectivity index (χ0v) is 24.5. The molecular weight excluding hydrogens is 562 g/mol. The highest BCUT2D eigenvalue weighted by Crippen LogP contribution is 2.36. The lowest BCUT2D eigenvalue weighted by Crippen LogP contribution is -2.31. The van der Waals surface area contributed by atoms with Crippen molar-refractivity contribution < 1.29 is 14.3 Å². The summed E-state index contributed by atoms with van der Waals surface area (Å²) in [6.45, 7) is 0.223. The molecule has 0 bridgehead atoms. The van der Waals surface area contributed by atoms with Crippen LogP contribution in [0.15, 0.2) is 138 Å². The number of carbonyl (C=O) groups excluding carboxylic acids is 1. The Balaban J connectivity index is 1.35. The van der Waals surface area contributed by atoms with Crippen LogP contribution in [0.1, 0.15) is 34.9 Å². The highest BCUT2D eigenvalue weighted by Gasteiger charge is 2.29. The fourth-order valence-corrected chi connectivity index (χ4v) is 5.79. The first-order valence-corrected chi connectivity index (χ1v) is 15.1. The van der Waals surface area contributed by atoms with E-state index in [0.29, 0.717) is 28.0 Å². The Morgan fingerprint density at radius 2 is 1.44 bits per heavy atom. The summed E-state index contributed by atoms with van der Waals surface area (Å²) in [7, 11) is 0. The SMILES string of the molecule is O=C(Nc1nc2cc(-c3ccccc3)cc(Oc3ccccc3)c2c(=O)n1CC1CCC(c2ccccc2)O1)c1ccccc1. The predicted molar refractivity (Wildman–Crippen MR) is 176 cm³/mol. The topological polar surface area (TPSA) is 82.5 Å². The van der Waals surface area contributed by atoms with Crippen molar-refractivity contribution in [1.29, 1.82) is 0 Å². The molecule has 1 saturated heterocycles. The fraction of sp³-hybridized carbons (Fsp3) is 0.132. The number of anilines is 1. The Morgan fingerprint density at radius 3 is 2.16 bits per heavy atom. The monoisotopic (exact) mass is 593 g/mol. The first-order chi connectivity index (χ1) is 22.1. The van der Waals surface area contributed by atoms with Crippen molar-refractivity contribution in [2.75, 3.05) is 5.32 Å². The van der Waals surface area contributed by atoms with Crippen molar-refractivity contribution in [3.63, 3.8) is 0 Å². The highest BCUT2D eigenvalue weighted by atomic mass is 16.5. The van der Waals surface area contributed by atoms with Crippen LogP contribution in [0.5, 0.6) is 11.5 Å². The molecule has 45 heavy (non-hydrogen) atoms. The summed E-state index contributed by atoms with van der Waals surface area (Å²) in [4.78, 5) is 32.8. The van der Waals surface area contributed by atoms with Crippen molar-refractivity contribution in [3.8, 4) is 22.6 Å². The largest absolute Gasteiger partial charge is 0.456 e. The summed E-state index contributed by atoms with van der Waals surface area (Å²) in [5.74, 6) is 0.787. The number of nitrogens with zero attached hydrogens (tertiary/aromatic N) is 2. The molecule has 0 radical (unpaired) electrons. The number of rotatable bonds is 8. The van der Waals surface area contributed by atoms with Gasteiger partial charge in [0.2, 0.25) is 5.95 Å². The van der Waals surface area contributed by atoms with Crippen LogP contribution in [0.25, 0.3) is 22.0 Å². The van der Waals surface area contributed by atoms with Crippen LogP contribution in [0.2, 0.25) is 0 Å². The summed E-state index contributed by atoms with van der Waals surface area (Å²) < 4.78 is 14.3. The molecule has 0 spiro atoms. The van der Waals surface area contributed by atoms with Gasteiger partial charge in [-0.2, -0.15) is 0 Å². The predicted octanol–water partition coefficient (Wildman–Crippen LogP) is 8.03. The average molecular weight is 594 g/mol. The molecule has 222 valence electrons. The van der Waals surface area contributed by atoms with Crippen molar-refractivity contribution in [3.05, 3.63) is 155 Å². The number of aromatic nitrogens is 2. The quantitative estimate of drug-likeness (QED) is 0.193. The molecule has 1 aromatic heterocycles. The number of nitrogens with one attached hydrogen (secondary N) is 1. The normalized spacial score (nSPS) is 16.0. The maximum absolute atomic E-state index is 14.5. The number of carbonyl (C=O) groups is 1. The van der Waals surface area contributed by atoms with Crippen molar-refractivity contribution >= 4 is 22.8 Å². The van der Waals surface area contributed by atoms with Gasteiger partial charge in [0, 0.05) is 5.56 Å². The minimum atomic E-state index is -0.356. The Kier molecular flexibility index (Phi) is 7.91. The van der Waals surface area contributed by atoms with E-state index < -0.39 is 0 Å². The minimum Gasteiger partial charge on any atom is -0.456 e. The molecular formula is C38H31N3O4. The molecule has 7 nitrogen and oxygen atoms in total. The van der Waals surface area contributed by atoms with Crippen LogP contribution in [-0.2, 0) is 11.3 Å². The van der Waals surface area contributed by atoms with Gasteiger partial charge in [-0.1, -0.05) is 97.1 Å². The Hall–Kier alpha value is -5.53. The fourth-order valence-electron chi connectivity index (χ4n) is 5.79. The summed E-state index contributed by atoms with van der Waals surface area (Å²) in [6, 6.07) is 41.9. The number of para-hydroxylation sites is 1. The molecule has 7 heteroatoms. The van der Waals surface area contributed by atoms with Crippen molar-refractivity contribution in [1.82, 2.24) is 9.55 Å². The molecule has 6 aromatic rings. The standard InChI is InChI=1S/C38H31N3O4/c42-36(28-17-9-3-10-18-28)40-38-39-32-23-29(26-13-5-1-6-14-26)24-34(44-30-19-11-4-12-20-30)35(32)37(43)41(38)25-31-21-22-33(45-31)27-15-7-2-8-16-27/h1-20,23-24,31,33H,21-22,25H2,(H,39,40,42). The van der Waals surface area contributed by atoms with E-state index in [4.69, 9.17) is 14.5 Å². The third kappa shape index (κ3) is 6.12. The molecule has 2 heterocycles. The van der Waals surface area contributed by atoms with Gasteiger partial charge in [-0.3, -0.25) is 19.5 Å². The van der Waals surface area contributed by atoms with E-state index in [0.717, 1.165) is 29.5 Å². The molecule has 0 aliphatic carbocycles. The number of hydrogen-bond acceptors (Lipinski definition) is 5. The third-order valence-electron chi connectivity index (χ3n) is 8.03. The third-order valence-corrected chi connectivity index (χ3v) is 8.03. The lowest BCUT2D eigenvalue weighted by molar-refractivity contribution is 0.0347. The second-order valence-electron chi connectivity index (χ2n) is 11.1. The first kappa shape index (κ1) is 28.3. The van der Waals surface area contributed by atoms with Crippen LogP contribution in [0.3, 0.4) is 0 Å². The maximum atomic E-state index is 14.5. The van der Waals surface area contributed by atoms with E-state index in [1.807, 2.05) is 97.1 Å². The van der Waals surface area contributed by atoms with Gasteiger partial charge < -0.3 is 9.47 Å². The summed E-state index contributed by atoms with van der Waals surface area (Å²) in [6.07, 6.45) is 1.28. The van der Waals surface area contributed by atoms with Crippen LogP contribution < -0.4 is 15.6 Å². The number of fused-ring (bicyclic) bond motifs is 1.